The summed E-state index contributed by atoms with van der Waals surface area (Å²) in [5.74, 6) is 0.384. The molecule has 0 fully saturated rings. The standard InChI is InChI=1S/C12H16INO/c1-12(2)4-3-8-9(12)5-7(6-14)11(15)10(8)13/h5,15H,3-4,6,14H2,1-2H3. The van der Waals surface area contributed by atoms with Crippen LogP contribution in [0.3, 0.4) is 0 Å². The van der Waals surface area contributed by atoms with Gasteiger partial charge in [-0.05, 0) is 58.0 Å². The molecule has 0 saturated heterocycles. The van der Waals surface area contributed by atoms with Crippen LogP contribution < -0.4 is 5.73 Å². The number of phenols is 1. The second kappa shape index (κ2) is 3.63. The van der Waals surface area contributed by atoms with Gasteiger partial charge < -0.3 is 10.8 Å². The van der Waals surface area contributed by atoms with Gasteiger partial charge in [-0.15, -0.1) is 0 Å². The van der Waals surface area contributed by atoms with Crippen molar-refractivity contribution in [3.05, 3.63) is 26.3 Å². The van der Waals surface area contributed by atoms with Crippen LogP contribution in [0.1, 0.15) is 37.0 Å². The normalized spacial score (nSPS) is 17.9. The van der Waals surface area contributed by atoms with E-state index in [1.807, 2.05) is 0 Å². The fraction of sp³-hybridized carbons (Fsp3) is 0.500. The molecule has 0 bridgehead atoms. The molecule has 1 aliphatic carbocycles. The van der Waals surface area contributed by atoms with Gasteiger partial charge in [0.25, 0.3) is 0 Å². The Morgan fingerprint density at radius 2 is 2.20 bits per heavy atom. The highest BCUT2D eigenvalue weighted by atomic mass is 127. The molecular weight excluding hydrogens is 301 g/mol. The van der Waals surface area contributed by atoms with E-state index in [4.69, 9.17) is 5.73 Å². The topological polar surface area (TPSA) is 46.2 Å². The molecule has 0 aliphatic heterocycles. The molecule has 0 radical (unpaired) electrons. The number of phenolic OH excluding ortho intramolecular Hbond substituents is 1. The molecule has 0 saturated carbocycles. The van der Waals surface area contributed by atoms with Crippen LogP contribution in [0.25, 0.3) is 0 Å². The lowest BCUT2D eigenvalue weighted by Crippen LogP contribution is -2.13. The zero-order valence-corrected chi connectivity index (χ0v) is 11.3. The maximum atomic E-state index is 9.94. The average Bonchev–Trinajstić information content (AvgIpc) is 2.48. The Kier molecular flexibility index (Phi) is 2.71. The van der Waals surface area contributed by atoms with Gasteiger partial charge >= 0.3 is 0 Å². The van der Waals surface area contributed by atoms with Crippen LogP contribution in [0.2, 0.25) is 0 Å². The Morgan fingerprint density at radius 3 is 2.80 bits per heavy atom. The first-order chi connectivity index (χ1) is 6.97. The first-order valence-electron chi connectivity index (χ1n) is 5.21. The quantitative estimate of drug-likeness (QED) is 0.782. The van der Waals surface area contributed by atoms with Gasteiger partial charge in [0.15, 0.2) is 0 Å². The summed E-state index contributed by atoms with van der Waals surface area (Å²) in [4.78, 5) is 0. The van der Waals surface area contributed by atoms with Crippen LogP contribution in [-0.2, 0) is 18.4 Å². The highest BCUT2D eigenvalue weighted by Gasteiger charge is 2.32. The van der Waals surface area contributed by atoms with Crippen LogP contribution in [0.15, 0.2) is 6.07 Å². The summed E-state index contributed by atoms with van der Waals surface area (Å²) >= 11 is 2.23. The molecule has 0 aromatic heterocycles. The third kappa shape index (κ3) is 1.65. The molecule has 82 valence electrons. The van der Waals surface area contributed by atoms with Crippen molar-refractivity contribution in [1.29, 1.82) is 0 Å². The molecule has 2 rings (SSSR count). The number of rotatable bonds is 1. The van der Waals surface area contributed by atoms with Crippen molar-refractivity contribution in [2.75, 3.05) is 0 Å². The monoisotopic (exact) mass is 317 g/mol. The van der Waals surface area contributed by atoms with Gasteiger partial charge in [-0.1, -0.05) is 13.8 Å². The Labute approximate surface area is 104 Å². The molecule has 1 aromatic rings. The molecule has 1 aromatic carbocycles. The van der Waals surface area contributed by atoms with E-state index in [1.165, 1.54) is 11.1 Å². The van der Waals surface area contributed by atoms with Crippen LogP contribution >= 0.6 is 22.6 Å². The molecular formula is C12H16INO. The Morgan fingerprint density at radius 1 is 1.53 bits per heavy atom. The van der Waals surface area contributed by atoms with Crippen LogP contribution in [0.4, 0.5) is 0 Å². The van der Waals surface area contributed by atoms with E-state index in [1.54, 1.807) is 0 Å². The number of benzene rings is 1. The summed E-state index contributed by atoms with van der Waals surface area (Å²) in [6.45, 7) is 4.92. The zero-order valence-electron chi connectivity index (χ0n) is 9.10. The minimum absolute atomic E-state index is 0.229. The molecule has 15 heavy (non-hydrogen) atoms. The largest absolute Gasteiger partial charge is 0.506 e. The highest BCUT2D eigenvalue weighted by molar-refractivity contribution is 14.1. The minimum Gasteiger partial charge on any atom is -0.506 e. The molecule has 3 heteroatoms. The Bertz CT molecular complexity index is 413. The molecule has 0 unspecified atom stereocenters. The summed E-state index contributed by atoms with van der Waals surface area (Å²) in [6, 6.07) is 2.08. The lowest BCUT2D eigenvalue weighted by Gasteiger charge is -2.20. The van der Waals surface area contributed by atoms with Crippen LogP contribution in [-0.4, -0.2) is 5.11 Å². The minimum atomic E-state index is 0.229. The smallest absolute Gasteiger partial charge is 0.133 e. The van der Waals surface area contributed by atoms with Crippen molar-refractivity contribution in [2.45, 2.75) is 38.6 Å². The second-order valence-corrected chi connectivity index (χ2v) is 5.89. The predicted octanol–water partition coefficient (Wildman–Crippen LogP) is 2.68. The number of nitrogens with two attached hydrogens (primary N) is 1. The number of aromatic hydroxyl groups is 1. The third-order valence-electron chi connectivity index (χ3n) is 3.37. The zero-order chi connectivity index (χ0) is 11.2. The first kappa shape index (κ1) is 11.2. The first-order valence-corrected chi connectivity index (χ1v) is 6.29. The summed E-state index contributed by atoms with van der Waals surface area (Å²) in [5, 5.41) is 9.94. The maximum Gasteiger partial charge on any atom is 0.133 e. The Balaban J connectivity index is 2.67. The third-order valence-corrected chi connectivity index (χ3v) is 4.53. The van der Waals surface area contributed by atoms with E-state index in [0.717, 1.165) is 22.0 Å². The van der Waals surface area contributed by atoms with Gasteiger partial charge in [-0.3, -0.25) is 0 Å². The lowest BCUT2D eigenvalue weighted by molar-refractivity contribution is 0.463. The van der Waals surface area contributed by atoms with Crippen molar-refractivity contribution in [1.82, 2.24) is 0 Å². The van der Waals surface area contributed by atoms with Gasteiger partial charge in [0.1, 0.15) is 5.75 Å². The van der Waals surface area contributed by atoms with Crippen molar-refractivity contribution < 1.29 is 5.11 Å². The summed E-state index contributed by atoms with van der Waals surface area (Å²) in [6.07, 6.45) is 2.23. The predicted molar refractivity (Wildman–Crippen MR) is 70.1 cm³/mol. The van der Waals surface area contributed by atoms with Gasteiger partial charge in [0.05, 0.1) is 3.57 Å². The second-order valence-electron chi connectivity index (χ2n) is 4.81. The van der Waals surface area contributed by atoms with Crippen LogP contribution in [0, 0.1) is 3.57 Å². The lowest BCUT2D eigenvalue weighted by atomic mass is 9.86. The van der Waals surface area contributed by atoms with Crippen molar-refractivity contribution in [3.8, 4) is 5.75 Å². The van der Waals surface area contributed by atoms with Gasteiger partial charge in [0, 0.05) is 12.1 Å². The molecule has 0 atom stereocenters. The van der Waals surface area contributed by atoms with Gasteiger partial charge in [0.2, 0.25) is 0 Å². The average molecular weight is 317 g/mol. The van der Waals surface area contributed by atoms with Gasteiger partial charge in [-0.25, -0.2) is 0 Å². The van der Waals surface area contributed by atoms with Crippen molar-refractivity contribution in [3.63, 3.8) is 0 Å². The van der Waals surface area contributed by atoms with E-state index >= 15 is 0 Å². The number of hydrogen-bond acceptors (Lipinski definition) is 2. The molecule has 0 amide bonds. The SMILES string of the molecule is CC1(C)CCc2c1cc(CN)c(O)c2I. The fourth-order valence-electron chi connectivity index (χ4n) is 2.31. The van der Waals surface area contributed by atoms with E-state index in [9.17, 15) is 5.11 Å². The molecule has 0 spiro atoms. The van der Waals surface area contributed by atoms with Crippen molar-refractivity contribution in [2.24, 2.45) is 5.73 Å². The van der Waals surface area contributed by atoms with E-state index in [2.05, 4.69) is 42.5 Å². The number of fused-ring (bicyclic) bond motifs is 1. The molecule has 1 aliphatic rings. The van der Waals surface area contributed by atoms with Crippen LogP contribution in [0.5, 0.6) is 5.75 Å². The number of hydrogen-bond donors (Lipinski definition) is 2. The highest BCUT2D eigenvalue weighted by Crippen LogP contribution is 2.44. The summed E-state index contributed by atoms with van der Waals surface area (Å²) < 4.78 is 0.996. The van der Waals surface area contributed by atoms with Crippen molar-refractivity contribution >= 4 is 22.6 Å². The van der Waals surface area contributed by atoms with Gasteiger partial charge in [-0.2, -0.15) is 0 Å². The van der Waals surface area contributed by atoms with E-state index in [0.29, 0.717) is 12.3 Å². The van der Waals surface area contributed by atoms with E-state index in [-0.39, 0.29) is 5.41 Å². The summed E-state index contributed by atoms with van der Waals surface area (Å²) in [5.41, 5.74) is 9.42. The summed E-state index contributed by atoms with van der Waals surface area (Å²) in [7, 11) is 0. The molecule has 2 nitrogen and oxygen atoms in total. The van der Waals surface area contributed by atoms with E-state index < -0.39 is 0 Å². The Hall–Kier alpha value is -0.290. The number of halogens is 1. The molecule has 3 N–H and O–H groups in total. The molecule has 0 heterocycles. The maximum absolute atomic E-state index is 9.94. The fourth-order valence-corrected chi connectivity index (χ4v) is 3.21.